The van der Waals surface area contributed by atoms with E-state index in [9.17, 15) is 9.59 Å². The van der Waals surface area contributed by atoms with Gasteiger partial charge in [0.15, 0.2) is 0 Å². The molecule has 5 nitrogen and oxygen atoms in total. The number of hydrogen-bond acceptors (Lipinski definition) is 5. The van der Waals surface area contributed by atoms with Crippen LogP contribution in [0.4, 0.5) is 0 Å². The van der Waals surface area contributed by atoms with Crippen molar-refractivity contribution in [1.29, 1.82) is 0 Å². The van der Waals surface area contributed by atoms with Crippen LogP contribution in [0.3, 0.4) is 0 Å². The summed E-state index contributed by atoms with van der Waals surface area (Å²) in [6, 6.07) is 8.94. The van der Waals surface area contributed by atoms with Gasteiger partial charge in [-0.2, -0.15) is 0 Å². The molecule has 0 spiro atoms. The Bertz CT molecular complexity index is 615. The number of amides is 1. The molecule has 0 bridgehead atoms. The van der Waals surface area contributed by atoms with E-state index in [1.807, 2.05) is 37.3 Å². The van der Waals surface area contributed by atoms with Crippen molar-refractivity contribution in [2.45, 2.75) is 24.9 Å². The van der Waals surface area contributed by atoms with E-state index in [-0.39, 0.29) is 17.9 Å². The number of rotatable bonds is 3. The third-order valence-electron chi connectivity index (χ3n) is 3.61. The molecular formula is C15H16N2O3S. The van der Waals surface area contributed by atoms with Crippen LogP contribution >= 0.6 is 11.8 Å². The molecule has 0 unspecified atom stereocenters. The fraction of sp³-hybridized carbons (Fsp3) is 0.333. The first kappa shape index (κ1) is 14.2. The van der Waals surface area contributed by atoms with Crippen molar-refractivity contribution in [3.8, 4) is 0 Å². The van der Waals surface area contributed by atoms with Gasteiger partial charge in [0.2, 0.25) is 5.91 Å². The zero-order chi connectivity index (χ0) is 15.0. The number of carbonyl (C=O) groups excluding carboxylic acids is 2. The van der Waals surface area contributed by atoms with Crippen molar-refractivity contribution < 1.29 is 14.3 Å². The van der Waals surface area contributed by atoms with Gasteiger partial charge in [0.05, 0.1) is 0 Å². The van der Waals surface area contributed by atoms with Crippen LogP contribution in [0.2, 0.25) is 0 Å². The van der Waals surface area contributed by atoms with Crippen molar-refractivity contribution in [1.82, 2.24) is 4.90 Å². The highest BCUT2D eigenvalue weighted by Gasteiger charge is 2.51. The number of fused-ring (bicyclic) bond motifs is 1. The zero-order valence-corrected chi connectivity index (χ0v) is 12.4. The van der Waals surface area contributed by atoms with E-state index in [1.54, 1.807) is 11.8 Å². The topological polar surface area (TPSA) is 72.6 Å². The van der Waals surface area contributed by atoms with Crippen LogP contribution in [0.25, 0.3) is 0 Å². The minimum absolute atomic E-state index is 0.138. The summed E-state index contributed by atoms with van der Waals surface area (Å²) < 4.78 is 5.33. The maximum atomic E-state index is 12.3. The predicted octanol–water partition coefficient (Wildman–Crippen LogP) is 1.25. The summed E-state index contributed by atoms with van der Waals surface area (Å²) in [4.78, 5) is 25.6. The molecule has 1 amide bonds. The van der Waals surface area contributed by atoms with Crippen LogP contribution < -0.4 is 5.73 Å². The number of carbonyl (C=O) groups is 2. The Kier molecular flexibility index (Phi) is 3.73. The van der Waals surface area contributed by atoms with Crippen molar-refractivity contribution in [2.75, 3.05) is 5.75 Å². The first-order valence-corrected chi connectivity index (χ1v) is 7.75. The molecule has 21 heavy (non-hydrogen) atoms. The Morgan fingerprint density at radius 2 is 2.14 bits per heavy atom. The number of β-lactam (4-membered cyclic amide) rings is 1. The summed E-state index contributed by atoms with van der Waals surface area (Å²) >= 11 is 1.58. The SMILES string of the molecule is CC1=C(C(=O)OCc2ccccc2)N2C(=O)[C@@H](N)[C@@H]2SC1. The molecule has 2 N–H and O–H groups in total. The molecule has 1 fully saturated rings. The lowest BCUT2D eigenvalue weighted by molar-refractivity contribution is -0.151. The molecule has 2 aliphatic rings. The molecule has 1 saturated heterocycles. The predicted molar refractivity (Wildman–Crippen MR) is 80.0 cm³/mol. The van der Waals surface area contributed by atoms with Crippen LogP contribution in [0.5, 0.6) is 0 Å². The molecular weight excluding hydrogens is 288 g/mol. The molecule has 3 rings (SSSR count). The summed E-state index contributed by atoms with van der Waals surface area (Å²) in [7, 11) is 0. The van der Waals surface area contributed by atoms with Gasteiger partial charge in [-0.1, -0.05) is 30.3 Å². The van der Waals surface area contributed by atoms with Crippen molar-refractivity contribution in [3.63, 3.8) is 0 Å². The van der Waals surface area contributed by atoms with E-state index in [2.05, 4.69) is 0 Å². The van der Waals surface area contributed by atoms with Gasteiger partial charge in [0.25, 0.3) is 0 Å². The average Bonchev–Trinajstić information content (AvgIpc) is 2.52. The van der Waals surface area contributed by atoms with Crippen LogP contribution in [0.15, 0.2) is 41.6 Å². The number of hydrogen-bond donors (Lipinski definition) is 1. The van der Waals surface area contributed by atoms with Crippen LogP contribution in [0, 0.1) is 0 Å². The highest BCUT2D eigenvalue weighted by Crippen LogP contribution is 2.39. The molecule has 6 heteroatoms. The van der Waals surface area contributed by atoms with Gasteiger partial charge in [-0.15, -0.1) is 11.8 Å². The Morgan fingerprint density at radius 1 is 1.43 bits per heavy atom. The monoisotopic (exact) mass is 304 g/mol. The van der Waals surface area contributed by atoms with Gasteiger partial charge in [-0.05, 0) is 18.1 Å². The molecule has 1 aromatic rings. The third-order valence-corrected chi connectivity index (χ3v) is 5.05. The Balaban J connectivity index is 1.73. The largest absolute Gasteiger partial charge is 0.456 e. The van der Waals surface area contributed by atoms with Crippen molar-refractivity contribution in [3.05, 3.63) is 47.2 Å². The lowest BCUT2D eigenvalue weighted by Gasteiger charge is -2.48. The van der Waals surface area contributed by atoms with Gasteiger partial charge in [-0.3, -0.25) is 9.69 Å². The van der Waals surface area contributed by atoms with Gasteiger partial charge in [-0.25, -0.2) is 4.79 Å². The second-order valence-electron chi connectivity index (χ2n) is 5.13. The highest BCUT2D eigenvalue weighted by atomic mass is 32.2. The summed E-state index contributed by atoms with van der Waals surface area (Å²) in [5.41, 5.74) is 7.90. The Labute approximate surface area is 127 Å². The number of benzene rings is 1. The van der Waals surface area contributed by atoms with Crippen molar-refractivity contribution >= 4 is 23.6 Å². The molecule has 0 radical (unpaired) electrons. The van der Waals surface area contributed by atoms with Gasteiger partial charge in [0, 0.05) is 5.75 Å². The number of ether oxygens (including phenoxy) is 1. The zero-order valence-electron chi connectivity index (χ0n) is 11.6. The number of nitrogens with zero attached hydrogens (tertiary/aromatic N) is 1. The first-order chi connectivity index (χ1) is 10.1. The van der Waals surface area contributed by atoms with E-state index < -0.39 is 12.0 Å². The Morgan fingerprint density at radius 3 is 2.86 bits per heavy atom. The molecule has 1 aromatic carbocycles. The van der Waals surface area contributed by atoms with Crippen LogP contribution in [0.1, 0.15) is 12.5 Å². The van der Waals surface area contributed by atoms with E-state index in [4.69, 9.17) is 10.5 Å². The molecule has 2 heterocycles. The molecule has 2 atom stereocenters. The van der Waals surface area contributed by atoms with Crippen LogP contribution in [-0.4, -0.2) is 33.9 Å². The fourth-order valence-electron chi connectivity index (χ4n) is 2.45. The molecule has 110 valence electrons. The third kappa shape index (κ3) is 2.45. The van der Waals surface area contributed by atoms with Gasteiger partial charge in [0.1, 0.15) is 23.7 Å². The standard InChI is InChI=1S/C15H16N2O3S/c1-9-8-21-14-11(16)13(18)17(14)12(9)15(19)20-7-10-5-3-2-4-6-10/h2-6,11,14H,7-8,16H2,1H3/t11-,14+/m1/s1. The molecule has 0 saturated carbocycles. The maximum absolute atomic E-state index is 12.3. The van der Waals surface area contributed by atoms with E-state index in [0.29, 0.717) is 11.4 Å². The second kappa shape index (κ2) is 5.54. The molecule has 2 aliphatic heterocycles. The quantitative estimate of drug-likeness (QED) is 0.672. The second-order valence-corrected chi connectivity index (χ2v) is 6.23. The molecule has 0 aromatic heterocycles. The lowest BCUT2D eigenvalue weighted by Crippen LogP contribution is -2.68. The minimum Gasteiger partial charge on any atom is -0.456 e. The number of esters is 1. The maximum Gasteiger partial charge on any atom is 0.355 e. The Hall–Kier alpha value is -1.79. The smallest absolute Gasteiger partial charge is 0.355 e. The van der Waals surface area contributed by atoms with E-state index >= 15 is 0 Å². The minimum atomic E-state index is -0.514. The highest BCUT2D eigenvalue weighted by molar-refractivity contribution is 8.00. The summed E-state index contributed by atoms with van der Waals surface area (Å²) in [5, 5.41) is -0.138. The summed E-state index contributed by atoms with van der Waals surface area (Å²) in [6.07, 6.45) is 0. The summed E-state index contributed by atoms with van der Waals surface area (Å²) in [6.45, 7) is 2.04. The number of nitrogens with two attached hydrogens (primary N) is 1. The fourth-order valence-corrected chi connectivity index (χ4v) is 3.69. The van der Waals surface area contributed by atoms with E-state index in [1.165, 1.54) is 4.90 Å². The van der Waals surface area contributed by atoms with Crippen LogP contribution in [-0.2, 0) is 20.9 Å². The molecule has 0 aliphatic carbocycles. The number of thioether (sulfide) groups is 1. The van der Waals surface area contributed by atoms with Crippen molar-refractivity contribution in [2.24, 2.45) is 5.73 Å². The van der Waals surface area contributed by atoms with Gasteiger partial charge >= 0.3 is 5.97 Å². The average molecular weight is 304 g/mol. The lowest BCUT2D eigenvalue weighted by atomic mass is 10.0. The normalized spacial score (nSPS) is 24.5. The first-order valence-electron chi connectivity index (χ1n) is 6.70. The van der Waals surface area contributed by atoms with Gasteiger partial charge < -0.3 is 10.5 Å². The van der Waals surface area contributed by atoms with E-state index in [0.717, 1.165) is 11.1 Å². The summed E-state index contributed by atoms with van der Waals surface area (Å²) in [5.74, 6) is 0.0258.